The van der Waals surface area contributed by atoms with E-state index >= 15 is 0 Å². The average molecular weight is 679 g/mol. The van der Waals surface area contributed by atoms with Crippen LogP contribution in [0.15, 0.2) is 103 Å². The van der Waals surface area contributed by atoms with Gasteiger partial charge in [-0.2, -0.15) is 0 Å². The lowest BCUT2D eigenvalue weighted by atomic mass is 9.71. The van der Waals surface area contributed by atoms with Crippen LogP contribution in [0.1, 0.15) is 51.3 Å². The SMILES string of the molecule is CC1(C)c2cc3ccccc3cc2N(c2ccccc2)c2ccc3cc(C=C4C(=O)c5c(Cl)c(Cl)c(Cl)c(Cl)c5C4=O)ccc3c21. The fraction of sp³-hybridized carbons (Fsp3) is 0.0769. The average Bonchev–Trinajstić information content (AvgIpc) is 3.31. The van der Waals surface area contributed by atoms with Crippen LogP contribution in [0.25, 0.3) is 27.6 Å². The van der Waals surface area contributed by atoms with Crippen molar-refractivity contribution in [1.29, 1.82) is 0 Å². The Bertz CT molecular complexity index is 2330. The molecule has 0 atom stereocenters. The van der Waals surface area contributed by atoms with Crippen LogP contribution in [0.4, 0.5) is 17.1 Å². The number of nitrogens with zero attached hydrogens (tertiary/aromatic N) is 1. The number of hydrogen-bond donors (Lipinski definition) is 0. The van der Waals surface area contributed by atoms with Gasteiger partial charge in [-0.25, -0.2) is 0 Å². The second kappa shape index (κ2) is 10.4. The Morgan fingerprint density at radius 2 is 1.22 bits per heavy atom. The lowest BCUT2D eigenvalue weighted by molar-refractivity contribution is 0.0990. The maximum atomic E-state index is 13.4. The van der Waals surface area contributed by atoms with E-state index in [1.807, 2.05) is 18.2 Å². The molecule has 1 aliphatic carbocycles. The van der Waals surface area contributed by atoms with E-state index in [1.54, 1.807) is 6.08 Å². The maximum absolute atomic E-state index is 13.4. The van der Waals surface area contributed by atoms with Crippen LogP contribution < -0.4 is 4.90 Å². The van der Waals surface area contributed by atoms with E-state index in [-0.39, 0.29) is 42.2 Å². The van der Waals surface area contributed by atoms with Gasteiger partial charge in [-0.15, -0.1) is 0 Å². The minimum Gasteiger partial charge on any atom is -0.310 e. The number of hydrogen-bond acceptors (Lipinski definition) is 3. The van der Waals surface area contributed by atoms with Crippen LogP contribution in [0, 0.1) is 0 Å². The molecule has 0 aromatic heterocycles. The molecule has 0 saturated heterocycles. The zero-order chi connectivity index (χ0) is 32.1. The first kappa shape index (κ1) is 29.3. The lowest BCUT2D eigenvalue weighted by Crippen LogP contribution is -2.31. The second-order valence-corrected chi connectivity index (χ2v) is 13.7. The number of anilines is 3. The summed E-state index contributed by atoms with van der Waals surface area (Å²) < 4.78 is 0. The topological polar surface area (TPSA) is 37.4 Å². The van der Waals surface area contributed by atoms with Crippen molar-refractivity contribution in [2.75, 3.05) is 4.90 Å². The molecule has 0 amide bonds. The molecule has 0 N–H and O–H groups in total. The number of carbonyl (C=O) groups excluding carboxylic acids is 2. The Morgan fingerprint density at radius 1 is 0.609 bits per heavy atom. The molecule has 1 aliphatic heterocycles. The fourth-order valence-electron chi connectivity index (χ4n) is 7.03. The van der Waals surface area contributed by atoms with Crippen LogP contribution in [0.3, 0.4) is 0 Å². The molecular formula is C39H23Cl4NO2. The summed E-state index contributed by atoms with van der Waals surface area (Å²) in [6.45, 7) is 4.54. The monoisotopic (exact) mass is 677 g/mol. The summed E-state index contributed by atoms with van der Waals surface area (Å²) in [6, 6.07) is 33.7. The number of para-hydroxylation sites is 1. The van der Waals surface area contributed by atoms with Crippen LogP contribution in [-0.4, -0.2) is 11.6 Å². The van der Waals surface area contributed by atoms with E-state index in [2.05, 4.69) is 97.6 Å². The maximum Gasteiger partial charge on any atom is 0.199 e. The normalized spacial score (nSPS) is 14.9. The van der Waals surface area contributed by atoms with E-state index in [0.717, 1.165) is 27.8 Å². The minimum atomic E-state index is -0.528. The van der Waals surface area contributed by atoms with Crippen LogP contribution in [-0.2, 0) is 5.41 Å². The van der Waals surface area contributed by atoms with Crippen molar-refractivity contribution in [2.45, 2.75) is 19.3 Å². The van der Waals surface area contributed by atoms with E-state index < -0.39 is 11.6 Å². The summed E-state index contributed by atoms with van der Waals surface area (Å²) in [6.07, 6.45) is 1.58. The molecule has 0 bridgehead atoms. The molecule has 0 saturated carbocycles. The molecule has 0 radical (unpaired) electrons. The van der Waals surface area contributed by atoms with Crippen molar-refractivity contribution >= 4 is 103 Å². The second-order valence-electron chi connectivity index (χ2n) is 12.2. The standard InChI is InChI=1S/C39H23Cl4NO2/c1-39(2)27-18-21-8-6-7-9-22(21)19-29(27)44(24-10-4-3-5-11-24)28-15-13-23-16-20(12-14-25(23)32(28)39)17-26-37(45)30-31(38(26)46)34(41)36(43)35(42)33(30)40/h3-19H,1-2H3. The predicted molar refractivity (Wildman–Crippen MR) is 191 cm³/mol. The first-order valence-corrected chi connectivity index (χ1v) is 16.2. The van der Waals surface area contributed by atoms with Crippen LogP contribution in [0.2, 0.25) is 20.1 Å². The molecule has 6 aromatic rings. The van der Waals surface area contributed by atoms with Crippen molar-refractivity contribution in [3.05, 3.63) is 151 Å². The number of fused-ring (bicyclic) bond motifs is 6. The Morgan fingerprint density at radius 3 is 1.87 bits per heavy atom. The van der Waals surface area contributed by atoms with Crippen LogP contribution in [0.5, 0.6) is 0 Å². The van der Waals surface area contributed by atoms with Crippen molar-refractivity contribution in [3.63, 3.8) is 0 Å². The van der Waals surface area contributed by atoms with E-state index in [9.17, 15) is 9.59 Å². The largest absolute Gasteiger partial charge is 0.310 e. The van der Waals surface area contributed by atoms with Gasteiger partial charge in [-0.1, -0.05) is 121 Å². The zero-order valence-electron chi connectivity index (χ0n) is 24.6. The van der Waals surface area contributed by atoms with E-state index in [4.69, 9.17) is 46.4 Å². The number of ketones is 2. The van der Waals surface area contributed by atoms with Gasteiger partial charge in [0.25, 0.3) is 0 Å². The molecular weight excluding hydrogens is 656 g/mol. The summed E-state index contributed by atoms with van der Waals surface area (Å²) in [5.74, 6) is -1.06. The van der Waals surface area contributed by atoms with E-state index in [1.165, 1.54) is 21.9 Å². The molecule has 2 aliphatic rings. The molecule has 8 rings (SSSR count). The van der Waals surface area contributed by atoms with Crippen LogP contribution >= 0.6 is 46.4 Å². The molecule has 0 fully saturated rings. The Hall–Kier alpha value is -4.12. The summed E-state index contributed by atoms with van der Waals surface area (Å²) >= 11 is 25.1. The third-order valence-corrected chi connectivity index (χ3v) is 11.0. The minimum absolute atomic E-state index is 0.0129. The van der Waals surface area contributed by atoms with Crippen molar-refractivity contribution in [2.24, 2.45) is 0 Å². The summed E-state index contributed by atoms with van der Waals surface area (Å²) in [5.41, 5.74) is 6.04. The first-order chi connectivity index (χ1) is 22.1. The molecule has 1 heterocycles. The molecule has 3 nitrogen and oxygen atoms in total. The Balaban J connectivity index is 1.31. The molecule has 224 valence electrons. The molecule has 46 heavy (non-hydrogen) atoms. The molecule has 0 spiro atoms. The Kier molecular flexibility index (Phi) is 6.65. The predicted octanol–water partition coefficient (Wildman–Crippen LogP) is 12.2. The van der Waals surface area contributed by atoms with Crippen molar-refractivity contribution < 1.29 is 9.59 Å². The number of halogens is 4. The van der Waals surface area contributed by atoms with E-state index in [0.29, 0.717) is 5.56 Å². The highest BCUT2D eigenvalue weighted by atomic mass is 35.5. The van der Waals surface area contributed by atoms with Crippen molar-refractivity contribution in [1.82, 2.24) is 0 Å². The molecule has 7 heteroatoms. The highest BCUT2D eigenvalue weighted by Crippen LogP contribution is 2.55. The fourth-order valence-corrected chi connectivity index (χ4v) is 8.06. The quantitative estimate of drug-likeness (QED) is 0.0791. The summed E-state index contributed by atoms with van der Waals surface area (Å²) in [7, 11) is 0. The van der Waals surface area contributed by atoms with Gasteiger partial charge in [0.2, 0.25) is 0 Å². The van der Waals surface area contributed by atoms with Gasteiger partial charge in [0.1, 0.15) is 0 Å². The zero-order valence-corrected chi connectivity index (χ0v) is 27.6. The highest BCUT2D eigenvalue weighted by molar-refractivity contribution is 6.57. The van der Waals surface area contributed by atoms with Crippen molar-refractivity contribution in [3.8, 4) is 0 Å². The van der Waals surface area contributed by atoms with Gasteiger partial charge in [0.15, 0.2) is 11.6 Å². The number of Topliss-reactive ketones (excluding diaryl/α,β-unsaturated/α-hetero) is 2. The molecule has 0 unspecified atom stereocenters. The molecule has 6 aromatic carbocycles. The highest BCUT2D eigenvalue weighted by Gasteiger charge is 2.40. The summed E-state index contributed by atoms with van der Waals surface area (Å²) in [4.78, 5) is 29.2. The van der Waals surface area contributed by atoms with Gasteiger partial charge < -0.3 is 4.90 Å². The number of carbonyl (C=O) groups is 2. The summed E-state index contributed by atoms with van der Waals surface area (Å²) in [5, 5.41) is 4.20. The number of rotatable bonds is 2. The van der Waals surface area contributed by atoms with Gasteiger partial charge in [-0.05, 0) is 80.7 Å². The number of allylic oxidation sites excluding steroid dienone is 1. The third-order valence-electron chi connectivity index (χ3n) is 9.20. The van der Waals surface area contributed by atoms with Gasteiger partial charge >= 0.3 is 0 Å². The third kappa shape index (κ3) is 4.13. The Labute approximate surface area is 285 Å². The van der Waals surface area contributed by atoms with Gasteiger partial charge in [-0.3, -0.25) is 9.59 Å². The first-order valence-electron chi connectivity index (χ1n) is 14.7. The van der Waals surface area contributed by atoms with Gasteiger partial charge in [0, 0.05) is 11.1 Å². The smallest absolute Gasteiger partial charge is 0.199 e. The van der Waals surface area contributed by atoms with Gasteiger partial charge in [0.05, 0.1) is 48.2 Å². The lowest BCUT2D eigenvalue weighted by Gasteiger charge is -2.43. The number of benzene rings is 6.